The molecule has 8 heteroatoms. The molecule has 0 aromatic carbocycles. The van der Waals surface area contributed by atoms with Crippen LogP contribution < -0.4 is 5.32 Å². The molecule has 0 spiro atoms. The van der Waals surface area contributed by atoms with E-state index < -0.39 is 0 Å². The average molecular weight is 309 g/mol. The summed E-state index contributed by atoms with van der Waals surface area (Å²) >= 11 is 0. The Labute approximate surface area is 129 Å². The van der Waals surface area contributed by atoms with Crippen LogP contribution in [0.15, 0.2) is 4.52 Å². The van der Waals surface area contributed by atoms with Gasteiger partial charge in [0, 0.05) is 27.2 Å². The van der Waals surface area contributed by atoms with Crippen LogP contribution in [0.4, 0.5) is 0 Å². The number of nitrogens with one attached hydrogen (secondary N) is 1. The third-order valence-electron chi connectivity index (χ3n) is 3.89. The first-order valence-corrected chi connectivity index (χ1v) is 7.60. The van der Waals surface area contributed by atoms with Gasteiger partial charge in [-0.25, -0.2) is 0 Å². The molecule has 0 bridgehead atoms. The zero-order valence-corrected chi connectivity index (χ0v) is 13.3. The Kier molecular flexibility index (Phi) is 5.48. The molecule has 1 N–H and O–H groups in total. The third kappa shape index (κ3) is 3.62. The topological polar surface area (TPSA) is 91.6 Å². The van der Waals surface area contributed by atoms with E-state index in [1.807, 2.05) is 7.05 Å². The molecule has 8 nitrogen and oxygen atoms in total. The fourth-order valence-corrected chi connectivity index (χ4v) is 2.54. The summed E-state index contributed by atoms with van der Waals surface area (Å²) in [6, 6.07) is -0.158. The summed E-state index contributed by atoms with van der Waals surface area (Å²) in [6.45, 7) is 3.93. The zero-order chi connectivity index (χ0) is 16.1. The van der Waals surface area contributed by atoms with Crippen LogP contribution in [0.1, 0.15) is 42.7 Å². The predicted octanol–water partition coefficient (Wildman–Crippen LogP) is 0.262. The number of piperazine rings is 1. The van der Waals surface area contributed by atoms with Crippen molar-refractivity contribution in [2.75, 3.05) is 27.2 Å². The Hall–Kier alpha value is -1.96. The highest BCUT2D eigenvalue weighted by molar-refractivity contribution is 5.89. The smallest absolute Gasteiger partial charge is 0.292 e. The van der Waals surface area contributed by atoms with Gasteiger partial charge in [-0.15, -0.1) is 0 Å². The van der Waals surface area contributed by atoms with Gasteiger partial charge in [-0.05, 0) is 6.42 Å². The molecule has 1 aliphatic rings. The van der Waals surface area contributed by atoms with Crippen molar-refractivity contribution in [2.24, 2.45) is 0 Å². The number of carbonyl (C=O) groups excluding carboxylic acids is 2. The predicted molar refractivity (Wildman–Crippen MR) is 79.0 cm³/mol. The Balaban J connectivity index is 2.06. The minimum Gasteiger partial charge on any atom is -0.352 e. The molecule has 0 saturated carbocycles. The quantitative estimate of drug-likeness (QED) is 0.810. The SMILES string of the molecule is CCCCC1C(=O)N(C)CCN1Cc1nc(C(=O)NC)no1. The first kappa shape index (κ1) is 16.4. The highest BCUT2D eigenvalue weighted by atomic mass is 16.5. The number of aromatic nitrogens is 2. The van der Waals surface area contributed by atoms with Crippen molar-refractivity contribution >= 4 is 11.8 Å². The molecule has 1 unspecified atom stereocenters. The minimum absolute atomic E-state index is 0.0167. The Morgan fingerprint density at radius 3 is 2.91 bits per heavy atom. The molecule has 2 heterocycles. The van der Waals surface area contributed by atoms with E-state index in [2.05, 4.69) is 27.3 Å². The van der Waals surface area contributed by atoms with Gasteiger partial charge in [0.15, 0.2) is 0 Å². The van der Waals surface area contributed by atoms with E-state index in [1.165, 1.54) is 7.05 Å². The molecule has 1 aliphatic heterocycles. The number of nitrogens with zero attached hydrogens (tertiary/aromatic N) is 4. The first-order chi connectivity index (χ1) is 10.6. The van der Waals surface area contributed by atoms with E-state index in [0.717, 1.165) is 25.8 Å². The summed E-state index contributed by atoms with van der Waals surface area (Å²) in [7, 11) is 3.34. The molecule has 1 saturated heterocycles. The lowest BCUT2D eigenvalue weighted by molar-refractivity contribution is -0.141. The van der Waals surface area contributed by atoms with Gasteiger partial charge in [-0.2, -0.15) is 4.98 Å². The van der Waals surface area contributed by atoms with Gasteiger partial charge in [0.2, 0.25) is 11.8 Å². The van der Waals surface area contributed by atoms with Crippen molar-refractivity contribution in [3.8, 4) is 0 Å². The van der Waals surface area contributed by atoms with Crippen molar-refractivity contribution in [1.82, 2.24) is 25.3 Å². The normalized spacial score (nSPS) is 19.5. The van der Waals surface area contributed by atoms with Gasteiger partial charge in [0.1, 0.15) is 0 Å². The number of carbonyl (C=O) groups is 2. The van der Waals surface area contributed by atoms with Crippen LogP contribution in [0.2, 0.25) is 0 Å². The fraction of sp³-hybridized carbons (Fsp3) is 0.714. The third-order valence-corrected chi connectivity index (χ3v) is 3.89. The maximum Gasteiger partial charge on any atom is 0.292 e. The molecule has 122 valence electrons. The molecule has 2 amide bonds. The maximum absolute atomic E-state index is 12.3. The standard InChI is InChI=1S/C14H23N5O3/c1-4-5-6-10-14(21)18(3)7-8-19(10)9-11-16-12(17-22-11)13(20)15-2/h10H,4-9H2,1-3H3,(H,15,20). The Bertz CT molecular complexity index is 530. The van der Waals surface area contributed by atoms with E-state index in [9.17, 15) is 9.59 Å². The average Bonchev–Trinajstić information content (AvgIpc) is 2.98. The Morgan fingerprint density at radius 1 is 1.45 bits per heavy atom. The van der Waals surface area contributed by atoms with Crippen LogP contribution in [-0.4, -0.2) is 65.0 Å². The van der Waals surface area contributed by atoms with Crippen molar-refractivity contribution in [1.29, 1.82) is 0 Å². The monoisotopic (exact) mass is 309 g/mol. The first-order valence-electron chi connectivity index (χ1n) is 7.60. The lowest BCUT2D eigenvalue weighted by Gasteiger charge is -2.38. The lowest BCUT2D eigenvalue weighted by Crippen LogP contribution is -2.55. The van der Waals surface area contributed by atoms with Crippen molar-refractivity contribution in [3.05, 3.63) is 11.7 Å². The van der Waals surface area contributed by atoms with E-state index in [4.69, 9.17) is 4.52 Å². The Morgan fingerprint density at radius 2 is 2.23 bits per heavy atom. The summed E-state index contributed by atoms with van der Waals surface area (Å²) in [5.41, 5.74) is 0. The van der Waals surface area contributed by atoms with Gasteiger partial charge >= 0.3 is 0 Å². The minimum atomic E-state index is -0.382. The summed E-state index contributed by atoms with van der Waals surface area (Å²) in [4.78, 5) is 31.7. The summed E-state index contributed by atoms with van der Waals surface area (Å²) in [5, 5.41) is 6.10. The molecule has 1 aromatic rings. The molecular weight excluding hydrogens is 286 g/mol. The highest BCUT2D eigenvalue weighted by Crippen LogP contribution is 2.18. The van der Waals surface area contributed by atoms with E-state index in [0.29, 0.717) is 19.0 Å². The number of hydrogen-bond acceptors (Lipinski definition) is 6. The lowest BCUT2D eigenvalue weighted by atomic mass is 10.0. The van der Waals surface area contributed by atoms with Crippen LogP contribution in [-0.2, 0) is 11.3 Å². The molecule has 0 aliphatic carbocycles. The molecular formula is C14H23N5O3. The maximum atomic E-state index is 12.3. The number of likely N-dealkylation sites (N-methyl/N-ethyl adjacent to an activating group) is 1. The summed E-state index contributed by atoms with van der Waals surface area (Å²) < 4.78 is 5.12. The molecule has 1 atom stereocenters. The number of unbranched alkanes of at least 4 members (excludes halogenated alkanes) is 1. The van der Waals surface area contributed by atoms with Crippen LogP contribution in [0.25, 0.3) is 0 Å². The second-order valence-corrected chi connectivity index (χ2v) is 5.48. The summed E-state index contributed by atoms with van der Waals surface area (Å²) in [5.74, 6) is 0.123. The van der Waals surface area contributed by atoms with Crippen LogP contribution in [0.3, 0.4) is 0 Å². The van der Waals surface area contributed by atoms with Crippen molar-refractivity contribution in [2.45, 2.75) is 38.8 Å². The number of hydrogen-bond donors (Lipinski definition) is 1. The van der Waals surface area contributed by atoms with Crippen LogP contribution in [0, 0.1) is 0 Å². The van der Waals surface area contributed by atoms with Crippen LogP contribution in [0.5, 0.6) is 0 Å². The van der Waals surface area contributed by atoms with E-state index >= 15 is 0 Å². The molecule has 22 heavy (non-hydrogen) atoms. The van der Waals surface area contributed by atoms with E-state index in [1.54, 1.807) is 4.90 Å². The van der Waals surface area contributed by atoms with Gasteiger partial charge < -0.3 is 14.7 Å². The fourth-order valence-electron chi connectivity index (χ4n) is 2.54. The molecule has 1 fully saturated rings. The van der Waals surface area contributed by atoms with Gasteiger partial charge in [0.05, 0.1) is 12.6 Å². The molecule has 1 aromatic heterocycles. The zero-order valence-electron chi connectivity index (χ0n) is 13.3. The van der Waals surface area contributed by atoms with Crippen molar-refractivity contribution < 1.29 is 14.1 Å². The summed E-state index contributed by atoms with van der Waals surface area (Å²) in [6.07, 6.45) is 2.85. The van der Waals surface area contributed by atoms with Crippen molar-refractivity contribution in [3.63, 3.8) is 0 Å². The van der Waals surface area contributed by atoms with Gasteiger partial charge in [-0.3, -0.25) is 14.5 Å². The van der Waals surface area contributed by atoms with E-state index in [-0.39, 0.29) is 23.7 Å². The van der Waals surface area contributed by atoms with Gasteiger partial charge in [0.25, 0.3) is 11.7 Å². The van der Waals surface area contributed by atoms with Crippen LogP contribution >= 0.6 is 0 Å². The van der Waals surface area contributed by atoms with Gasteiger partial charge in [-0.1, -0.05) is 24.9 Å². The molecule has 0 radical (unpaired) electrons. The molecule has 2 rings (SSSR count). The second kappa shape index (κ2) is 7.35. The largest absolute Gasteiger partial charge is 0.352 e. The number of amides is 2. The second-order valence-electron chi connectivity index (χ2n) is 5.48. The number of rotatable bonds is 6. The highest BCUT2D eigenvalue weighted by Gasteiger charge is 2.33.